The number of ketones is 2. The van der Waals surface area contributed by atoms with Crippen LogP contribution >= 0.6 is 0 Å². The number of benzene rings is 2. The van der Waals surface area contributed by atoms with E-state index in [-0.39, 0.29) is 22.6 Å². The summed E-state index contributed by atoms with van der Waals surface area (Å²) in [6.45, 7) is 4.35. The van der Waals surface area contributed by atoms with Crippen LogP contribution in [0.15, 0.2) is 78.8 Å². The molecule has 6 rings (SSSR count). The number of fused-ring (bicyclic) bond motifs is 3. The molecule has 0 amide bonds. The molecule has 0 spiro atoms. The third kappa shape index (κ3) is 2.68. The molecule has 0 unspecified atom stereocenters. The quantitative estimate of drug-likeness (QED) is 0.183. The van der Waals surface area contributed by atoms with Crippen molar-refractivity contribution in [1.82, 2.24) is 0 Å². The number of hydrogen-bond acceptors (Lipinski definition) is 4. The maximum atomic E-state index is 12.8. The molecule has 2 aliphatic rings. The normalized spacial score (nSPS) is 16.1. The van der Waals surface area contributed by atoms with Gasteiger partial charge in [-0.2, -0.15) is 0 Å². The van der Waals surface area contributed by atoms with Crippen LogP contribution in [0.1, 0.15) is 51.5 Å². The maximum absolute atomic E-state index is 12.8. The van der Waals surface area contributed by atoms with Gasteiger partial charge in [-0.25, -0.2) is 0 Å². The molecule has 1 aliphatic heterocycles. The number of anilines is 3. The van der Waals surface area contributed by atoms with Crippen molar-refractivity contribution in [2.75, 3.05) is 4.90 Å². The second kappa shape index (κ2) is 6.93. The summed E-state index contributed by atoms with van der Waals surface area (Å²) in [6.07, 6.45) is 1.62. The molecule has 4 aromatic rings. The van der Waals surface area contributed by atoms with E-state index < -0.39 is 20.4 Å². The van der Waals surface area contributed by atoms with E-state index in [1.54, 1.807) is 6.08 Å². The van der Waals surface area contributed by atoms with Crippen molar-refractivity contribution < 1.29 is 14.0 Å². The van der Waals surface area contributed by atoms with Crippen molar-refractivity contribution in [3.63, 3.8) is 0 Å². The molecule has 3 heterocycles. The first kappa shape index (κ1) is 19.5. The summed E-state index contributed by atoms with van der Waals surface area (Å²) in [4.78, 5) is 27.7. The summed E-state index contributed by atoms with van der Waals surface area (Å²) in [5.41, 5.74) is 5.34. The molecule has 156 valence electrons. The van der Waals surface area contributed by atoms with Gasteiger partial charge in [0.15, 0.2) is 0 Å². The van der Waals surface area contributed by atoms with E-state index in [2.05, 4.69) is 36.9 Å². The van der Waals surface area contributed by atoms with Gasteiger partial charge in [0, 0.05) is 0 Å². The van der Waals surface area contributed by atoms with Crippen LogP contribution in [0.4, 0.5) is 17.3 Å². The van der Waals surface area contributed by atoms with E-state index in [0.717, 1.165) is 22.8 Å². The molecule has 0 bridgehead atoms. The molecule has 4 nitrogen and oxygen atoms in total. The summed E-state index contributed by atoms with van der Waals surface area (Å²) in [5.74, 6) is 0.878. The van der Waals surface area contributed by atoms with Crippen LogP contribution in [0.5, 0.6) is 0 Å². The topological polar surface area (TPSA) is 50.5 Å². The molecule has 1 aliphatic carbocycles. The number of Topliss-reactive ketones (excluding diaryl/α,β-unsaturated/α-hetero) is 2. The fourth-order valence-electron chi connectivity index (χ4n) is 4.69. The molecule has 2 aromatic heterocycles. The first-order chi connectivity index (χ1) is 15.5. The van der Waals surface area contributed by atoms with Crippen molar-refractivity contribution in [2.45, 2.75) is 19.3 Å². The molecule has 5 heteroatoms. The van der Waals surface area contributed by atoms with E-state index >= 15 is 0 Å². The first-order valence-corrected chi connectivity index (χ1v) is 13.1. The Hall–Kier alpha value is -3.13. The Kier molecular flexibility index (Phi) is 4.24. The third-order valence-electron chi connectivity index (χ3n) is 6.37. The van der Waals surface area contributed by atoms with E-state index in [1.807, 2.05) is 50.6 Å². The van der Waals surface area contributed by atoms with Gasteiger partial charge in [-0.15, -0.1) is 0 Å². The Morgan fingerprint density at radius 3 is 2.25 bits per heavy atom. The Morgan fingerprint density at radius 1 is 0.875 bits per heavy atom. The van der Waals surface area contributed by atoms with E-state index in [0.29, 0.717) is 16.9 Å². The second-order valence-electron chi connectivity index (χ2n) is 8.60. The Labute approximate surface area is 195 Å². The summed E-state index contributed by atoms with van der Waals surface area (Å²) < 4.78 is 10.3. The third-order valence-corrected chi connectivity index (χ3v) is 8.49. The van der Waals surface area contributed by atoms with Crippen molar-refractivity contribution in [3.8, 4) is 0 Å². The van der Waals surface area contributed by atoms with Crippen LogP contribution in [0.25, 0.3) is 6.08 Å². The number of carbonyl (C=O) groups excluding carboxylic acids is 2. The standard InChI is InChI=1S/C27H19NO3Te/c1-27(2)21-10-6-7-11-23(21)28(16-8-4-3-5-9-16)26-22(27)13-17(31-26)12-18-24(29)19-14-32-15-20(19)25(18)30/h3-15H,1-2H3. The average molecular weight is 533 g/mol. The molecule has 2 aromatic carbocycles. The van der Waals surface area contributed by atoms with Gasteiger partial charge in [-0.3, -0.25) is 0 Å². The van der Waals surface area contributed by atoms with Crippen LogP contribution in [0, 0.1) is 0 Å². The molecule has 0 fully saturated rings. The van der Waals surface area contributed by atoms with Gasteiger partial charge in [-0.05, 0) is 0 Å². The summed E-state index contributed by atoms with van der Waals surface area (Å²) in [6, 6.07) is 20.4. The van der Waals surface area contributed by atoms with Gasteiger partial charge >= 0.3 is 190 Å². The second-order valence-corrected chi connectivity index (χ2v) is 10.7. The van der Waals surface area contributed by atoms with Gasteiger partial charge in [0.25, 0.3) is 0 Å². The SMILES string of the molecule is CC1(C)c2ccccc2N(c2ccccc2)c2oc(C=C3C(=O)c4c[te]cc4C3=O)cc21. The monoisotopic (exact) mass is 535 g/mol. The van der Waals surface area contributed by atoms with Crippen molar-refractivity contribution >= 4 is 55.3 Å². The number of para-hydroxylation sites is 2. The molecule has 0 saturated carbocycles. The fraction of sp³-hybridized carbons (Fsp3) is 0.111. The number of nitrogens with zero attached hydrogens (tertiary/aromatic N) is 1. The zero-order chi connectivity index (χ0) is 22.0. The summed E-state index contributed by atoms with van der Waals surface area (Å²) in [7, 11) is 0. The predicted octanol–water partition coefficient (Wildman–Crippen LogP) is 5.91. The molecule has 0 saturated heterocycles. The molecule has 32 heavy (non-hydrogen) atoms. The van der Waals surface area contributed by atoms with E-state index in [4.69, 9.17) is 4.42 Å². The number of furan rings is 1. The van der Waals surface area contributed by atoms with Gasteiger partial charge in [-0.1, -0.05) is 6.07 Å². The number of rotatable bonds is 2. The van der Waals surface area contributed by atoms with Crippen LogP contribution in [0.3, 0.4) is 0 Å². The predicted molar refractivity (Wildman–Crippen MR) is 126 cm³/mol. The molecule has 0 atom stereocenters. The van der Waals surface area contributed by atoms with Crippen molar-refractivity contribution in [2.24, 2.45) is 0 Å². The van der Waals surface area contributed by atoms with Crippen molar-refractivity contribution in [1.29, 1.82) is 0 Å². The van der Waals surface area contributed by atoms with Crippen LogP contribution in [0.2, 0.25) is 0 Å². The van der Waals surface area contributed by atoms with Crippen molar-refractivity contribution in [3.05, 3.63) is 102 Å². The first-order valence-electron chi connectivity index (χ1n) is 10.4. The van der Waals surface area contributed by atoms with Crippen LogP contribution < -0.4 is 4.90 Å². The average Bonchev–Trinajstić information content (AvgIpc) is 3.50. The Balaban J connectivity index is 1.54. The Morgan fingerprint density at radius 2 is 1.53 bits per heavy atom. The summed E-state index contributed by atoms with van der Waals surface area (Å²) >= 11 is -0.497. The fourth-order valence-corrected chi connectivity index (χ4v) is 6.99. The zero-order valence-corrected chi connectivity index (χ0v) is 19.9. The van der Waals surface area contributed by atoms with E-state index in [9.17, 15) is 9.59 Å². The number of carbonyl (C=O) groups is 2. The van der Waals surface area contributed by atoms with Crippen LogP contribution in [-0.4, -0.2) is 32.0 Å². The van der Waals surface area contributed by atoms with Gasteiger partial charge in [0.05, 0.1) is 0 Å². The summed E-state index contributed by atoms with van der Waals surface area (Å²) in [5, 5.41) is 0. The molecule has 0 radical (unpaired) electrons. The van der Waals surface area contributed by atoms with E-state index in [1.165, 1.54) is 5.56 Å². The minimum atomic E-state index is -0.497. The molecular weight excluding hydrogens is 514 g/mol. The Bertz CT molecular complexity index is 1410. The molecular formula is C27H19NO3Te. The van der Waals surface area contributed by atoms with Crippen LogP contribution in [-0.2, 0) is 5.41 Å². The molecule has 0 N–H and O–H groups in total. The van der Waals surface area contributed by atoms with Gasteiger partial charge in [0.2, 0.25) is 0 Å². The van der Waals surface area contributed by atoms with Gasteiger partial charge < -0.3 is 0 Å². The number of allylic oxidation sites excluding steroid dienone is 1. The zero-order valence-electron chi connectivity index (χ0n) is 17.6. The number of hydrogen-bond donors (Lipinski definition) is 0. The van der Waals surface area contributed by atoms with Gasteiger partial charge in [0.1, 0.15) is 0 Å². The minimum absolute atomic E-state index is 0.180.